The van der Waals surface area contributed by atoms with Gasteiger partial charge >= 0.3 is 0 Å². The van der Waals surface area contributed by atoms with E-state index >= 15 is 8.78 Å². The molecule has 0 bridgehead atoms. The number of aryl methyl sites for hydroxylation is 1. The molecule has 5 aromatic rings. The second kappa shape index (κ2) is 7.74. The van der Waals surface area contributed by atoms with Crippen LogP contribution >= 0.6 is 0 Å². The first kappa shape index (κ1) is 20.7. The van der Waals surface area contributed by atoms with E-state index in [4.69, 9.17) is 0 Å². The second-order valence-electron chi connectivity index (χ2n) is 7.60. The number of nitrogens with one attached hydrogen (secondary N) is 1. The van der Waals surface area contributed by atoms with Crippen molar-refractivity contribution < 1.29 is 17.6 Å². The number of aromatic amines is 1. The standard InChI is InChI=1S/C25H15F4N3O/c1-13-9-20(31-30-13)14-10-18(28)24(19(29)11-14)25-22-4-2-3-21(32(22)8-7-23(25)33)16-6-5-15(26)12-17(16)27/h2-12H,1H3,(H,30,31). The highest BCUT2D eigenvalue weighted by atomic mass is 19.1. The summed E-state index contributed by atoms with van der Waals surface area (Å²) in [5.74, 6) is -3.41. The van der Waals surface area contributed by atoms with Gasteiger partial charge < -0.3 is 4.40 Å². The molecule has 8 heteroatoms. The highest BCUT2D eigenvalue weighted by Crippen LogP contribution is 2.33. The zero-order chi connectivity index (χ0) is 23.3. The lowest BCUT2D eigenvalue weighted by molar-refractivity contribution is 0.585. The molecule has 0 unspecified atom stereocenters. The van der Waals surface area contributed by atoms with Gasteiger partial charge in [0.1, 0.15) is 23.3 Å². The van der Waals surface area contributed by atoms with Gasteiger partial charge in [-0.2, -0.15) is 5.10 Å². The van der Waals surface area contributed by atoms with Crippen LogP contribution in [0.15, 0.2) is 71.7 Å². The van der Waals surface area contributed by atoms with Crippen LogP contribution in [0.4, 0.5) is 17.6 Å². The van der Waals surface area contributed by atoms with Gasteiger partial charge in [-0.05, 0) is 49.4 Å². The number of aromatic nitrogens is 3. The van der Waals surface area contributed by atoms with Crippen molar-refractivity contribution in [2.75, 3.05) is 0 Å². The molecule has 4 nitrogen and oxygen atoms in total. The monoisotopic (exact) mass is 449 g/mol. The Balaban J connectivity index is 1.76. The molecular formula is C25H15F4N3O. The molecule has 0 aliphatic rings. The maximum atomic E-state index is 15.2. The predicted octanol–water partition coefficient (Wildman–Crippen LogP) is 5.89. The molecule has 3 aromatic heterocycles. The summed E-state index contributed by atoms with van der Waals surface area (Å²) in [6.45, 7) is 1.76. The van der Waals surface area contributed by atoms with Crippen LogP contribution in [0.2, 0.25) is 0 Å². The normalized spacial score (nSPS) is 11.3. The van der Waals surface area contributed by atoms with E-state index in [1.54, 1.807) is 19.1 Å². The summed E-state index contributed by atoms with van der Waals surface area (Å²) in [6.07, 6.45) is 1.38. The smallest absolute Gasteiger partial charge is 0.190 e. The van der Waals surface area contributed by atoms with E-state index in [1.807, 2.05) is 0 Å². The Morgan fingerprint density at radius 3 is 2.27 bits per heavy atom. The van der Waals surface area contributed by atoms with Crippen LogP contribution < -0.4 is 5.43 Å². The van der Waals surface area contributed by atoms with Crippen molar-refractivity contribution in [3.63, 3.8) is 0 Å². The molecule has 0 fully saturated rings. The molecule has 3 heterocycles. The van der Waals surface area contributed by atoms with Crippen molar-refractivity contribution >= 4 is 5.52 Å². The van der Waals surface area contributed by atoms with E-state index in [0.717, 1.165) is 36.0 Å². The van der Waals surface area contributed by atoms with Crippen LogP contribution in [0.1, 0.15) is 5.69 Å². The molecule has 0 amide bonds. The minimum Gasteiger partial charge on any atom is -0.316 e. The second-order valence-corrected chi connectivity index (χ2v) is 7.60. The molecule has 164 valence electrons. The fourth-order valence-electron chi connectivity index (χ4n) is 3.93. The lowest BCUT2D eigenvalue weighted by Crippen LogP contribution is -2.10. The van der Waals surface area contributed by atoms with E-state index < -0.39 is 34.3 Å². The summed E-state index contributed by atoms with van der Waals surface area (Å²) in [7, 11) is 0. The van der Waals surface area contributed by atoms with Gasteiger partial charge in [-0.15, -0.1) is 0 Å². The largest absolute Gasteiger partial charge is 0.316 e. The number of benzene rings is 2. The summed E-state index contributed by atoms with van der Waals surface area (Å²) in [6, 6.07) is 12.7. The minimum atomic E-state index is -0.936. The first-order valence-corrected chi connectivity index (χ1v) is 9.95. The average molecular weight is 449 g/mol. The Hall–Kier alpha value is -4.20. The van der Waals surface area contributed by atoms with Crippen molar-refractivity contribution in [1.82, 2.24) is 14.6 Å². The van der Waals surface area contributed by atoms with Gasteiger partial charge in [0, 0.05) is 35.2 Å². The van der Waals surface area contributed by atoms with E-state index in [2.05, 4.69) is 10.2 Å². The quantitative estimate of drug-likeness (QED) is 0.349. The van der Waals surface area contributed by atoms with E-state index in [9.17, 15) is 13.6 Å². The topological polar surface area (TPSA) is 50.2 Å². The molecule has 0 saturated carbocycles. The maximum absolute atomic E-state index is 15.2. The number of pyridine rings is 2. The predicted molar refractivity (Wildman–Crippen MR) is 117 cm³/mol. The van der Waals surface area contributed by atoms with E-state index in [-0.39, 0.29) is 27.9 Å². The van der Waals surface area contributed by atoms with Crippen LogP contribution in [0.25, 0.3) is 39.2 Å². The number of fused-ring (bicyclic) bond motifs is 1. The van der Waals surface area contributed by atoms with Gasteiger partial charge in [0.05, 0.1) is 28.0 Å². The molecule has 0 spiro atoms. The van der Waals surface area contributed by atoms with Gasteiger partial charge in [-0.3, -0.25) is 9.89 Å². The molecular weight excluding hydrogens is 434 g/mol. The minimum absolute atomic E-state index is 0.0711. The van der Waals surface area contributed by atoms with Crippen LogP contribution in [0, 0.1) is 30.2 Å². The van der Waals surface area contributed by atoms with Gasteiger partial charge in [0.25, 0.3) is 0 Å². The summed E-state index contributed by atoms with van der Waals surface area (Å²) in [5.41, 5.74) is 0.526. The first-order valence-electron chi connectivity index (χ1n) is 9.95. The third kappa shape index (κ3) is 3.49. The van der Waals surface area contributed by atoms with Crippen molar-refractivity contribution in [2.45, 2.75) is 6.92 Å². The number of nitrogens with zero attached hydrogens (tertiary/aromatic N) is 2. The van der Waals surface area contributed by atoms with Crippen LogP contribution in [0.3, 0.4) is 0 Å². The highest BCUT2D eigenvalue weighted by Gasteiger charge is 2.21. The van der Waals surface area contributed by atoms with Crippen molar-refractivity contribution in [3.8, 4) is 33.6 Å². The number of H-pyrrole nitrogens is 1. The third-order valence-electron chi connectivity index (χ3n) is 5.41. The van der Waals surface area contributed by atoms with Crippen LogP contribution in [0.5, 0.6) is 0 Å². The molecule has 0 aliphatic heterocycles. The number of hydrogen-bond donors (Lipinski definition) is 1. The lowest BCUT2D eigenvalue weighted by atomic mass is 9.99. The Labute approximate surface area is 184 Å². The third-order valence-corrected chi connectivity index (χ3v) is 5.41. The SMILES string of the molecule is Cc1cc(-c2cc(F)c(-c3c(=O)ccn4c(-c5ccc(F)cc5F)cccc34)c(F)c2)n[nH]1. The Morgan fingerprint density at radius 2 is 1.61 bits per heavy atom. The molecule has 0 saturated heterocycles. The molecule has 0 radical (unpaired) electrons. The summed E-state index contributed by atoms with van der Waals surface area (Å²) >= 11 is 0. The van der Waals surface area contributed by atoms with E-state index in [1.165, 1.54) is 28.8 Å². The molecule has 33 heavy (non-hydrogen) atoms. The maximum Gasteiger partial charge on any atom is 0.190 e. The number of rotatable bonds is 3. The molecule has 1 N–H and O–H groups in total. The van der Waals surface area contributed by atoms with Gasteiger partial charge in [-0.25, -0.2) is 17.6 Å². The molecule has 2 aromatic carbocycles. The summed E-state index contributed by atoms with van der Waals surface area (Å²) < 4.78 is 59.7. The summed E-state index contributed by atoms with van der Waals surface area (Å²) in [4.78, 5) is 12.8. The zero-order valence-electron chi connectivity index (χ0n) is 17.2. The average Bonchev–Trinajstić information content (AvgIpc) is 3.21. The highest BCUT2D eigenvalue weighted by molar-refractivity contribution is 5.84. The van der Waals surface area contributed by atoms with Crippen molar-refractivity contribution in [2.24, 2.45) is 0 Å². The van der Waals surface area contributed by atoms with Gasteiger partial charge in [-0.1, -0.05) is 6.07 Å². The fourth-order valence-corrected chi connectivity index (χ4v) is 3.93. The van der Waals surface area contributed by atoms with Crippen molar-refractivity contribution in [3.05, 3.63) is 106 Å². The number of hydrogen-bond acceptors (Lipinski definition) is 2. The molecule has 0 aliphatic carbocycles. The Bertz CT molecular complexity index is 1580. The van der Waals surface area contributed by atoms with Gasteiger partial charge in [0.15, 0.2) is 5.43 Å². The number of halogens is 4. The zero-order valence-corrected chi connectivity index (χ0v) is 17.2. The van der Waals surface area contributed by atoms with E-state index in [0.29, 0.717) is 5.69 Å². The van der Waals surface area contributed by atoms with Crippen LogP contribution in [-0.2, 0) is 0 Å². The van der Waals surface area contributed by atoms with Crippen LogP contribution in [-0.4, -0.2) is 14.6 Å². The lowest BCUT2D eigenvalue weighted by Gasteiger charge is -2.14. The Morgan fingerprint density at radius 1 is 0.848 bits per heavy atom. The van der Waals surface area contributed by atoms with Gasteiger partial charge in [0.2, 0.25) is 0 Å². The summed E-state index contributed by atoms with van der Waals surface area (Å²) in [5, 5.41) is 6.72. The first-order chi connectivity index (χ1) is 15.8. The fraction of sp³-hybridized carbons (Fsp3) is 0.0400. The Kier molecular flexibility index (Phi) is 4.85. The van der Waals surface area contributed by atoms with Crippen molar-refractivity contribution in [1.29, 1.82) is 0 Å². The molecule has 0 atom stereocenters. The molecule has 5 rings (SSSR count).